The summed E-state index contributed by atoms with van der Waals surface area (Å²) in [6.45, 7) is -0.306. The van der Waals surface area contributed by atoms with E-state index < -0.39 is 52.7 Å². The second-order valence-electron chi connectivity index (χ2n) is 6.67. The third kappa shape index (κ3) is 4.03. The van der Waals surface area contributed by atoms with Gasteiger partial charge in [-0.05, 0) is 18.6 Å². The quantitative estimate of drug-likeness (QED) is 0.314. The number of imidazole rings is 1. The number of carboxylic acids is 1. The first kappa shape index (κ1) is 21.0. The number of nitrogens with zero attached hydrogens (tertiary/aromatic N) is 1. The number of aromatic amines is 1. The lowest BCUT2D eigenvalue weighted by Gasteiger charge is -2.13. The molecule has 2 heterocycles. The summed E-state index contributed by atoms with van der Waals surface area (Å²) in [5, 5.41) is 11.1. The van der Waals surface area contributed by atoms with Crippen molar-refractivity contribution in [3.8, 4) is 0 Å². The molecular formula is C17H16F4N4O3S. The van der Waals surface area contributed by atoms with Crippen LogP contribution in [0.4, 0.5) is 17.6 Å². The number of aliphatic carboxylic acids is 1. The van der Waals surface area contributed by atoms with Crippen LogP contribution in [0.15, 0.2) is 6.07 Å². The summed E-state index contributed by atoms with van der Waals surface area (Å²) in [6.07, 6.45) is -0.214. The Balaban J connectivity index is 1.80. The van der Waals surface area contributed by atoms with Crippen molar-refractivity contribution < 1.29 is 32.3 Å². The van der Waals surface area contributed by atoms with Crippen LogP contribution in [0, 0.1) is 28.0 Å². The molecule has 2 atom stereocenters. The lowest BCUT2D eigenvalue weighted by atomic mass is 9.94. The number of fused-ring (bicyclic) bond motifs is 1. The fourth-order valence-electron chi connectivity index (χ4n) is 3.32. The molecule has 1 aliphatic rings. The minimum Gasteiger partial charge on any atom is -0.480 e. The van der Waals surface area contributed by atoms with Crippen molar-refractivity contribution in [1.82, 2.24) is 14.9 Å². The topological polar surface area (TPSA) is 113 Å². The lowest BCUT2D eigenvalue weighted by molar-refractivity contribution is -0.138. The van der Waals surface area contributed by atoms with Gasteiger partial charge in [-0.3, -0.25) is 9.59 Å². The van der Waals surface area contributed by atoms with Crippen molar-refractivity contribution in [2.45, 2.75) is 31.3 Å². The van der Waals surface area contributed by atoms with E-state index in [1.807, 2.05) is 0 Å². The minimum atomic E-state index is -1.49. The molecule has 0 fully saturated rings. The Hall–Kier alpha value is -2.73. The standard InChI is InChI=1S/C17H16F4N4O3S/c18-7-2-8(19)15(21)13(14(7)20)6-1-11-10(24-17(29)25(11)5-6)3-12(26)23-4-9(22)16(27)28/h2,6,9H,1,3-5,22H2,(H,23,26)(H,24,29)(H,27,28)/t6-,9?/m0/s1. The van der Waals surface area contributed by atoms with Gasteiger partial charge in [0.2, 0.25) is 5.91 Å². The maximum absolute atomic E-state index is 14.1. The van der Waals surface area contributed by atoms with E-state index >= 15 is 0 Å². The van der Waals surface area contributed by atoms with Gasteiger partial charge in [-0.1, -0.05) is 0 Å². The highest BCUT2D eigenvalue weighted by Crippen LogP contribution is 2.36. The fourth-order valence-corrected chi connectivity index (χ4v) is 3.63. The summed E-state index contributed by atoms with van der Waals surface area (Å²) in [6, 6.07) is -1.12. The van der Waals surface area contributed by atoms with Gasteiger partial charge in [-0.25, -0.2) is 17.6 Å². The van der Waals surface area contributed by atoms with Crippen molar-refractivity contribution in [3.05, 3.63) is 51.1 Å². The molecule has 0 saturated carbocycles. The van der Waals surface area contributed by atoms with Crippen LogP contribution in [0.2, 0.25) is 0 Å². The number of rotatable bonds is 6. The van der Waals surface area contributed by atoms with Crippen LogP contribution in [0.5, 0.6) is 0 Å². The molecule has 1 unspecified atom stereocenters. The summed E-state index contributed by atoms with van der Waals surface area (Å²) in [5.41, 5.74) is 5.44. The van der Waals surface area contributed by atoms with Gasteiger partial charge in [0, 0.05) is 42.0 Å². The number of benzene rings is 1. The smallest absolute Gasteiger partial charge is 0.322 e. The van der Waals surface area contributed by atoms with Gasteiger partial charge in [0.05, 0.1) is 6.42 Å². The molecule has 7 nitrogen and oxygen atoms in total. The monoisotopic (exact) mass is 432 g/mol. The molecule has 0 saturated heterocycles. The van der Waals surface area contributed by atoms with Crippen molar-refractivity contribution in [2.75, 3.05) is 6.54 Å². The molecule has 12 heteroatoms. The van der Waals surface area contributed by atoms with Crippen LogP contribution in [0.25, 0.3) is 0 Å². The van der Waals surface area contributed by atoms with Crippen molar-refractivity contribution in [2.24, 2.45) is 5.73 Å². The zero-order chi connectivity index (χ0) is 21.5. The second kappa shape index (κ2) is 7.95. The number of carbonyl (C=O) groups is 2. The van der Waals surface area contributed by atoms with Gasteiger partial charge in [-0.15, -0.1) is 0 Å². The van der Waals surface area contributed by atoms with Crippen LogP contribution in [0.3, 0.4) is 0 Å². The molecule has 1 amide bonds. The van der Waals surface area contributed by atoms with Crippen LogP contribution >= 0.6 is 12.2 Å². The van der Waals surface area contributed by atoms with E-state index in [0.29, 0.717) is 11.4 Å². The van der Waals surface area contributed by atoms with E-state index in [0.717, 1.165) is 0 Å². The fraction of sp³-hybridized carbons (Fsp3) is 0.353. The predicted molar refractivity (Wildman–Crippen MR) is 94.7 cm³/mol. The van der Waals surface area contributed by atoms with Crippen molar-refractivity contribution in [1.29, 1.82) is 0 Å². The van der Waals surface area contributed by atoms with Gasteiger partial charge >= 0.3 is 5.97 Å². The molecule has 3 rings (SSSR count). The SMILES string of the molecule is NC(CNC(=O)Cc1[nH]c(=S)n2c1C[C@H](c1c(F)c(F)cc(F)c1F)C2)C(=O)O. The average Bonchev–Trinajstić information content (AvgIpc) is 3.19. The number of amides is 1. The number of H-pyrrole nitrogens is 1. The Morgan fingerprint density at radius 1 is 1.31 bits per heavy atom. The summed E-state index contributed by atoms with van der Waals surface area (Å²) in [4.78, 5) is 25.6. The van der Waals surface area contributed by atoms with Crippen molar-refractivity contribution in [3.63, 3.8) is 0 Å². The first-order valence-corrected chi connectivity index (χ1v) is 8.89. The molecule has 1 aliphatic heterocycles. The number of nitrogens with two attached hydrogens (primary N) is 1. The highest BCUT2D eigenvalue weighted by atomic mass is 32.1. The van der Waals surface area contributed by atoms with E-state index in [9.17, 15) is 27.2 Å². The number of carbonyl (C=O) groups excluding carboxylic acids is 1. The number of nitrogens with one attached hydrogen (secondary N) is 2. The largest absolute Gasteiger partial charge is 0.480 e. The molecule has 1 aromatic heterocycles. The Labute approximate surface area is 166 Å². The minimum absolute atomic E-state index is 0.00112. The van der Waals surface area contributed by atoms with Crippen LogP contribution in [-0.2, 0) is 29.0 Å². The van der Waals surface area contributed by atoms with Crippen molar-refractivity contribution >= 4 is 24.1 Å². The maximum atomic E-state index is 14.1. The molecule has 2 aromatic rings. The van der Waals surface area contributed by atoms with Gasteiger partial charge in [0.25, 0.3) is 0 Å². The van der Waals surface area contributed by atoms with E-state index in [1.54, 1.807) is 0 Å². The van der Waals surface area contributed by atoms with E-state index in [-0.39, 0.29) is 36.8 Å². The van der Waals surface area contributed by atoms with Gasteiger partial charge in [-0.2, -0.15) is 0 Å². The van der Waals surface area contributed by atoms with E-state index in [1.165, 1.54) is 4.57 Å². The third-order valence-electron chi connectivity index (χ3n) is 4.75. The molecule has 0 aliphatic carbocycles. The second-order valence-corrected chi connectivity index (χ2v) is 7.06. The van der Waals surface area contributed by atoms with Gasteiger partial charge in [0.15, 0.2) is 28.0 Å². The Morgan fingerprint density at radius 2 is 1.93 bits per heavy atom. The first-order valence-electron chi connectivity index (χ1n) is 8.48. The molecule has 0 radical (unpaired) electrons. The number of halogens is 4. The molecule has 0 bridgehead atoms. The van der Waals surface area contributed by atoms with E-state index in [4.69, 9.17) is 23.1 Å². The third-order valence-corrected chi connectivity index (χ3v) is 5.07. The van der Waals surface area contributed by atoms with Crippen LogP contribution < -0.4 is 11.1 Å². The predicted octanol–water partition coefficient (Wildman–Crippen LogP) is 1.51. The molecule has 5 N–H and O–H groups in total. The zero-order valence-corrected chi connectivity index (χ0v) is 15.6. The highest BCUT2D eigenvalue weighted by molar-refractivity contribution is 7.71. The summed E-state index contributed by atoms with van der Waals surface area (Å²) in [5.74, 6) is -8.63. The summed E-state index contributed by atoms with van der Waals surface area (Å²) >= 11 is 5.16. The number of carboxylic acid groups (broad SMARTS) is 1. The lowest BCUT2D eigenvalue weighted by Crippen LogP contribution is -2.42. The van der Waals surface area contributed by atoms with Crippen LogP contribution in [0.1, 0.15) is 22.9 Å². The number of hydrogen-bond acceptors (Lipinski definition) is 4. The summed E-state index contributed by atoms with van der Waals surface area (Å²) in [7, 11) is 0. The maximum Gasteiger partial charge on any atom is 0.322 e. The Bertz CT molecular complexity index is 1030. The highest BCUT2D eigenvalue weighted by Gasteiger charge is 2.33. The number of hydrogen-bond donors (Lipinski definition) is 4. The first-order chi connectivity index (χ1) is 13.6. The molecular weight excluding hydrogens is 416 g/mol. The summed E-state index contributed by atoms with van der Waals surface area (Å²) < 4.78 is 57.0. The normalized spacial score (nSPS) is 16.5. The molecule has 1 aromatic carbocycles. The molecule has 156 valence electrons. The van der Waals surface area contributed by atoms with Gasteiger partial charge < -0.3 is 25.7 Å². The van der Waals surface area contributed by atoms with E-state index in [2.05, 4.69) is 10.3 Å². The Kier molecular flexibility index (Phi) is 5.75. The number of aromatic nitrogens is 2. The zero-order valence-electron chi connectivity index (χ0n) is 14.8. The molecule has 0 spiro atoms. The Morgan fingerprint density at radius 3 is 2.52 bits per heavy atom. The van der Waals surface area contributed by atoms with Gasteiger partial charge in [0.1, 0.15) is 6.04 Å². The molecule has 29 heavy (non-hydrogen) atoms. The van der Waals surface area contributed by atoms with Crippen LogP contribution in [-0.4, -0.2) is 39.1 Å². The average molecular weight is 432 g/mol.